The Morgan fingerprint density at radius 3 is 2.37 bits per heavy atom. The zero-order valence-corrected chi connectivity index (χ0v) is 21.6. The molecule has 3 aromatic rings. The zero-order chi connectivity index (χ0) is 27.3. The quantitative estimate of drug-likeness (QED) is 0.372. The van der Waals surface area contributed by atoms with Crippen molar-refractivity contribution in [3.05, 3.63) is 88.1 Å². The topological polar surface area (TPSA) is 110 Å². The number of benzene rings is 2. The van der Waals surface area contributed by atoms with Crippen LogP contribution in [0, 0.1) is 17.7 Å². The summed E-state index contributed by atoms with van der Waals surface area (Å²) in [4.78, 5) is 38.7. The molecule has 2 aromatic carbocycles. The van der Waals surface area contributed by atoms with Gasteiger partial charge < -0.3 is 20.5 Å². The number of halogens is 2. The van der Waals surface area contributed by atoms with Crippen LogP contribution < -0.4 is 16.2 Å². The average molecular weight is 542 g/mol. The number of nitrogens with zero attached hydrogens (tertiary/aromatic N) is 1. The highest BCUT2D eigenvalue weighted by Crippen LogP contribution is 2.43. The van der Waals surface area contributed by atoms with Gasteiger partial charge in [-0.05, 0) is 61.7 Å². The number of rotatable bonds is 9. The Labute approximate surface area is 224 Å². The van der Waals surface area contributed by atoms with Crippen LogP contribution in [0.15, 0.2) is 71.7 Å². The van der Waals surface area contributed by atoms with Crippen molar-refractivity contribution < 1.29 is 23.8 Å². The lowest BCUT2D eigenvalue weighted by Crippen LogP contribution is -2.35. The summed E-state index contributed by atoms with van der Waals surface area (Å²) in [5.74, 6) is -3.44. The molecule has 1 saturated carbocycles. The molecule has 8 nitrogen and oxygen atoms in total. The van der Waals surface area contributed by atoms with Crippen molar-refractivity contribution in [2.45, 2.75) is 31.8 Å². The number of amides is 2. The first-order valence-electron chi connectivity index (χ1n) is 12.3. The molecule has 3 atom stereocenters. The van der Waals surface area contributed by atoms with Crippen molar-refractivity contribution >= 4 is 34.8 Å². The van der Waals surface area contributed by atoms with Gasteiger partial charge in [-0.25, -0.2) is 4.39 Å². The molecule has 4 rings (SSSR count). The molecule has 0 bridgehead atoms. The maximum Gasteiger partial charge on any atom is 0.255 e. The van der Waals surface area contributed by atoms with E-state index in [-0.39, 0.29) is 30.7 Å². The summed E-state index contributed by atoms with van der Waals surface area (Å²) < 4.78 is 22.2. The van der Waals surface area contributed by atoms with E-state index in [0.717, 1.165) is 6.07 Å². The molecule has 38 heavy (non-hydrogen) atoms. The van der Waals surface area contributed by atoms with Gasteiger partial charge in [-0.3, -0.25) is 19.0 Å². The molecule has 1 heterocycles. The van der Waals surface area contributed by atoms with Crippen LogP contribution in [0.5, 0.6) is 0 Å². The van der Waals surface area contributed by atoms with Crippen LogP contribution in [-0.4, -0.2) is 40.3 Å². The van der Waals surface area contributed by atoms with Crippen LogP contribution >= 0.6 is 11.6 Å². The van der Waals surface area contributed by atoms with E-state index in [1.807, 2.05) is 6.92 Å². The first kappa shape index (κ1) is 27.5. The van der Waals surface area contributed by atoms with Crippen molar-refractivity contribution in [2.75, 3.05) is 23.8 Å². The summed E-state index contributed by atoms with van der Waals surface area (Å²) in [5, 5.41) is 16.1. The van der Waals surface area contributed by atoms with Gasteiger partial charge in [0.15, 0.2) is 0 Å². The normalized spacial score (nSPS) is 20.7. The van der Waals surface area contributed by atoms with Crippen LogP contribution in [0.2, 0.25) is 5.02 Å². The molecule has 1 unspecified atom stereocenters. The van der Waals surface area contributed by atoms with E-state index in [4.69, 9.17) is 16.3 Å². The SMILES string of the molecule is CCCOC1(CO)C[C@H](C(=O)Nc2ccc(Cl)cc2)[C@@H](C(=O)Nc2ccc(-n3ccccc3=O)cc2F)C1. The Hall–Kier alpha value is -3.53. The first-order chi connectivity index (χ1) is 18.2. The van der Waals surface area contributed by atoms with Crippen molar-refractivity contribution in [2.24, 2.45) is 11.8 Å². The fourth-order valence-corrected chi connectivity index (χ4v) is 4.85. The molecule has 0 spiro atoms. The smallest absolute Gasteiger partial charge is 0.255 e. The standard InChI is InChI=1S/C28H29ClFN3O5/c1-2-13-38-28(17-34)15-21(26(36)31-19-8-6-18(29)7-9-19)22(16-28)27(37)32-24-11-10-20(14-23(24)30)33-12-4-3-5-25(33)35/h3-12,14,21-22,34H,2,13,15-17H2,1H3,(H,31,36)(H,32,37)/t21-,22-,28?/m0/s1. The molecule has 1 fully saturated rings. The number of pyridine rings is 1. The molecule has 1 aromatic heterocycles. The zero-order valence-electron chi connectivity index (χ0n) is 20.8. The number of carbonyl (C=O) groups excluding carboxylic acids is 2. The van der Waals surface area contributed by atoms with E-state index in [0.29, 0.717) is 29.4 Å². The third kappa shape index (κ3) is 6.12. The second-order valence-electron chi connectivity index (χ2n) is 9.37. The number of aliphatic hydroxyl groups is 1. The molecule has 0 saturated heterocycles. The lowest BCUT2D eigenvalue weighted by Gasteiger charge is -2.27. The number of hydrogen-bond donors (Lipinski definition) is 3. The van der Waals surface area contributed by atoms with Gasteiger partial charge in [-0.1, -0.05) is 24.6 Å². The van der Waals surface area contributed by atoms with Crippen LogP contribution in [0.1, 0.15) is 26.2 Å². The van der Waals surface area contributed by atoms with E-state index in [9.17, 15) is 23.9 Å². The number of ether oxygens (including phenoxy) is 1. The van der Waals surface area contributed by atoms with Crippen LogP contribution in [0.25, 0.3) is 5.69 Å². The van der Waals surface area contributed by atoms with Crippen molar-refractivity contribution in [1.82, 2.24) is 4.57 Å². The minimum atomic E-state index is -1.07. The summed E-state index contributed by atoms with van der Waals surface area (Å²) in [6.45, 7) is 1.91. The van der Waals surface area contributed by atoms with Gasteiger partial charge >= 0.3 is 0 Å². The fraction of sp³-hybridized carbons (Fsp3) is 0.321. The molecule has 0 radical (unpaired) electrons. The van der Waals surface area contributed by atoms with Gasteiger partial charge in [0.1, 0.15) is 5.82 Å². The average Bonchev–Trinajstić information content (AvgIpc) is 3.31. The summed E-state index contributed by atoms with van der Waals surface area (Å²) in [6.07, 6.45) is 2.43. The molecule has 2 amide bonds. The number of carbonyl (C=O) groups is 2. The molecule has 1 aliphatic rings. The first-order valence-corrected chi connectivity index (χ1v) is 12.7. The highest BCUT2D eigenvalue weighted by Gasteiger charge is 2.51. The van der Waals surface area contributed by atoms with Crippen molar-refractivity contribution in [1.29, 1.82) is 0 Å². The fourth-order valence-electron chi connectivity index (χ4n) is 4.72. The largest absolute Gasteiger partial charge is 0.393 e. The van der Waals surface area contributed by atoms with E-state index >= 15 is 0 Å². The van der Waals surface area contributed by atoms with E-state index < -0.39 is 35.1 Å². The monoisotopic (exact) mass is 541 g/mol. The molecule has 10 heteroatoms. The number of nitrogens with one attached hydrogen (secondary N) is 2. The van der Waals surface area contributed by atoms with Crippen LogP contribution in [0.3, 0.4) is 0 Å². The van der Waals surface area contributed by atoms with E-state index in [1.54, 1.807) is 36.4 Å². The second kappa shape index (κ2) is 11.9. The molecular weight excluding hydrogens is 513 g/mol. The van der Waals surface area contributed by atoms with E-state index in [2.05, 4.69) is 10.6 Å². The lowest BCUT2D eigenvalue weighted by molar-refractivity contribution is -0.128. The highest BCUT2D eigenvalue weighted by atomic mass is 35.5. The number of aliphatic hydroxyl groups excluding tert-OH is 1. The summed E-state index contributed by atoms with van der Waals surface area (Å²) in [7, 11) is 0. The molecular formula is C28H29ClFN3O5. The predicted molar refractivity (Wildman–Crippen MR) is 143 cm³/mol. The summed E-state index contributed by atoms with van der Waals surface area (Å²) in [5.41, 5.74) is -0.671. The molecule has 1 aliphatic carbocycles. The Morgan fingerprint density at radius 1 is 1.08 bits per heavy atom. The van der Waals surface area contributed by atoms with Gasteiger partial charge in [0.05, 0.1) is 35.4 Å². The minimum absolute atomic E-state index is 0.0874. The number of aromatic nitrogens is 1. The maximum absolute atomic E-state index is 15.0. The second-order valence-corrected chi connectivity index (χ2v) is 9.81. The van der Waals surface area contributed by atoms with Gasteiger partial charge in [0.25, 0.3) is 5.56 Å². The van der Waals surface area contributed by atoms with Gasteiger partial charge in [0, 0.05) is 35.6 Å². The Balaban J connectivity index is 1.56. The van der Waals surface area contributed by atoms with Crippen LogP contribution in [-0.2, 0) is 14.3 Å². The van der Waals surface area contributed by atoms with E-state index in [1.165, 1.54) is 29.0 Å². The Kier molecular flexibility index (Phi) is 8.61. The third-order valence-corrected chi connectivity index (χ3v) is 6.92. The summed E-state index contributed by atoms with van der Waals surface area (Å²) >= 11 is 5.93. The maximum atomic E-state index is 15.0. The minimum Gasteiger partial charge on any atom is -0.393 e. The van der Waals surface area contributed by atoms with Gasteiger partial charge in [-0.2, -0.15) is 0 Å². The molecule has 3 N–H and O–H groups in total. The third-order valence-electron chi connectivity index (χ3n) is 6.67. The Bertz CT molecular complexity index is 1360. The number of anilines is 2. The number of hydrogen-bond acceptors (Lipinski definition) is 5. The highest BCUT2D eigenvalue weighted by molar-refractivity contribution is 6.30. The summed E-state index contributed by atoms with van der Waals surface area (Å²) in [6, 6.07) is 15.2. The van der Waals surface area contributed by atoms with Gasteiger partial charge in [0.2, 0.25) is 11.8 Å². The van der Waals surface area contributed by atoms with Crippen molar-refractivity contribution in [3.8, 4) is 5.69 Å². The van der Waals surface area contributed by atoms with Gasteiger partial charge in [-0.15, -0.1) is 0 Å². The molecule has 0 aliphatic heterocycles. The van der Waals surface area contributed by atoms with Crippen molar-refractivity contribution in [3.63, 3.8) is 0 Å². The predicted octanol–water partition coefficient (Wildman–Crippen LogP) is 4.39. The Morgan fingerprint density at radius 2 is 1.76 bits per heavy atom. The molecule has 200 valence electrons. The van der Waals surface area contributed by atoms with Crippen LogP contribution in [0.4, 0.5) is 15.8 Å². The lowest BCUT2D eigenvalue weighted by atomic mass is 9.94.